The van der Waals surface area contributed by atoms with Gasteiger partial charge in [0.25, 0.3) is 0 Å². The number of carbonyl (C=O) groups is 2. The molecule has 0 aliphatic carbocycles. The van der Waals surface area contributed by atoms with Gasteiger partial charge in [-0.2, -0.15) is 0 Å². The average molecular weight is 301 g/mol. The van der Waals surface area contributed by atoms with E-state index in [4.69, 9.17) is 10.8 Å². The van der Waals surface area contributed by atoms with Crippen molar-refractivity contribution < 1.29 is 14.7 Å². The van der Waals surface area contributed by atoms with Gasteiger partial charge in [-0.3, -0.25) is 4.79 Å². The Labute approximate surface area is 125 Å². The van der Waals surface area contributed by atoms with E-state index in [1.807, 2.05) is 30.3 Å². The minimum Gasteiger partial charge on any atom is -0.480 e. The molecule has 0 saturated heterocycles. The number of amides is 1. The van der Waals surface area contributed by atoms with Crippen LogP contribution in [-0.4, -0.2) is 34.0 Å². The van der Waals surface area contributed by atoms with Crippen LogP contribution in [0, 0.1) is 0 Å². The van der Waals surface area contributed by atoms with Gasteiger partial charge in [0, 0.05) is 6.54 Å². The van der Waals surface area contributed by atoms with Crippen LogP contribution in [0.3, 0.4) is 0 Å². The number of hydrogen-bond donors (Lipinski definition) is 2. The van der Waals surface area contributed by atoms with Crippen molar-refractivity contribution in [2.24, 2.45) is 5.73 Å². The molecule has 6 heteroatoms. The van der Waals surface area contributed by atoms with Gasteiger partial charge in [0.05, 0.1) is 6.04 Å². The third-order valence-corrected chi connectivity index (χ3v) is 3.06. The van der Waals surface area contributed by atoms with Gasteiger partial charge < -0.3 is 15.7 Å². The fourth-order valence-electron chi connectivity index (χ4n) is 1.71. The fourth-order valence-corrected chi connectivity index (χ4v) is 1.71. The number of nitrogens with two attached hydrogens (primary N) is 1. The number of rotatable bonds is 6. The van der Waals surface area contributed by atoms with Crippen molar-refractivity contribution in [1.82, 2.24) is 4.90 Å². The molecule has 1 rings (SSSR count). The quantitative estimate of drug-likeness (QED) is 0.836. The molecule has 0 aliphatic rings. The third kappa shape index (κ3) is 4.83. The molecule has 0 radical (unpaired) electrons. The molecule has 0 aliphatic heterocycles. The third-order valence-electron chi connectivity index (χ3n) is 3.06. The second-order valence-corrected chi connectivity index (χ2v) is 4.48. The standard InChI is InChI=1S/C14H20N2O3.ClH/c1-3-12(15)13(17)16(10(2)14(18)19)9-11-7-5-4-6-8-11;/h4-8,10,12H,3,9,15H2,1-2H3,(H,18,19);1H. The van der Waals surface area contributed by atoms with E-state index in [9.17, 15) is 9.59 Å². The van der Waals surface area contributed by atoms with Crippen LogP contribution in [0.5, 0.6) is 0 Å². The first-order chi connectivity index (χ1) is 8.97. The maximum absolute atomic E-state index is 12.2. The van der Waals surface area contributed by atoms with Gasteiger partial charge in [0.15, 0.2) is 0 Å². The van der Waals surface area contributed by atoms with Crippen LogP contribution in [-0.2, 0) is 16.1 Å². The normalized spacial score (nSPS) is 12.9. The second kappa shape index (κ2) is 8.55. The lowest BCUT2D eigenvalue weighted by Gasteiger charge is -2.28. The molecule has 112 valence electrons. The number of nitrogens with zero attached hydrogens (tertiary/aromatic N) is 1. The molecular formula is C14H21ClN2O3. The summed E-state index contributed by atoms with van der Waals surface area (Å²) in [7, 11) is 0. The van der Waals surface area contributed by atoms with Crippen LogP contribution in [0.4, 0.5) is 0 Å². The molecule has 0 aromatic heterocycles. The SMILES string of the molecule is CCC(N)C(=O)N(Cc1ccccc1)C(C)C(=O)O.Cl. The molecule has 0 fully saturated rings. The predicted molar refractivity (Wildman–Crippen MR) is 79.6 cm³/mol. The molecule has 1 amide bonds. The van der Waals surface area contributed by atoms with Crippen LogP contribution < -0.4 is 5.73 Å². The minimum atomic E-state index is -1.03. The number of carboxylic acid groups (broad SMARTS) is 1. The van der Waals surface area contributed by atoms with E-state index in [0.29, 0.717) is 6.42 Å². The Bertz CT molecular complexity index is 439. The highest BCUT2D eigenvalue weighted by atomic mass is 35.5. The summed E-state index contributed by atoms with van der Waals surface area (Å²) in [6, 6.07) is 7.72. The Morgan fingerprint density at radius 2 is 1.85 bits per heavy atom. The molecular weight excluding hydrogens is 280 g/mol. The summed E-state index contributed by atoms with van der Waals surface area (Å²) < 4.78 is 0. The van der Waals surface area contributed by atoms with Gasteiger partial charge in [0.1, 0.15) is 6.04 Å². The number of benzene rings is 1. The maximum atomic E-state index is 12.2. The van der Waals surface area contributed by atoms with E-state index in [1.165, 1.54) is 11.8 Å². The summed E-state index contributed by atoms with van der Waals surface area (Å²) in [5, 5.41) is 9.10. The highest BCUT2D eigenvalue weighted by molar-refractivity contribution is 5.86. The largest absolute Gasteiger partial charge is 0.480 e. The maximum Gasteiger partial charge on any atom is 0.326 e. The molecule has 20 heavy (non-hydrogen) atoms. The van der Waals surface area contributed by atoms with E-state index >= 15 is 0 Å². The van der Waals surface area contributed by atoms with Crippen molar-refractivity contribution in [2.45, 2.75) is 38.9 Å². The van der Waals surface area contributed by atoms with E-state index in [-0.39, 0.29) is 24.9 Å². The van der Waals surface area contributed by atoms with Crippen molar-refractivity contribution in [3.05, 3.63) is 35.9 Å². The lowest BCUT2D eigenvalue weighted by atomic mass is 10.1. The van der Waals surface area contributed by atoms with E-state index in [2.05, 4.69) is 0 Å². The van der Waals surface area contributed by atoms with Gasteiger partial charge in [-0.1, -0.05) is 37.3 Å². The molecule has 2 atom stereocenters. The lowest BCUT2D eigenvalue weighted by molar-refractivity contribution is -0.150. The molecule has 3 N–H and O–H groups in total. The Kier molecular flexibility index (Phi) is 7.87. The summed E-state index contributed by atoms with van der Waals surface area (Å²) in [6.07, 6.45) is 0.483. The zero-order valence-corrected chi connectivity index (χ0v) is 12.5. The van der Waals surface area contributed by atoms with Gasteiger partial charge in [-0.05, 0) is 18.9 Å². The first kappa shape index (κ1) is 18.4. The number of carboxylic acids is 1. The molecule has 0 spiro atoms. The smallest absolute Gasteiger partial charge is 0.326 e. The van der Waals surface area contributed by atoms with Gasteiger partial charge in [-0.15, -0.1) is 12.4 Å². The lowest BCUT2D eigenvalue weighted by Crippen LogP contribution is -2.49. The highest BCUT2D eigenvalue weighted by Gasteiger charge is 2.28. The molecule has 5 nitrogen and oxygen atoms in total. The summed E-state index contributed by atoms with van der Waals surface area (Å²) in [4.78, 5) is 24.6. The van der Waals surface area contributed by atoms with E-state index in [1.54, 1.807) is 6.92 Å². The van der Waals surface area contributed by atoms with Crippen molar-refractivity contribution >= 4 is 24.3 Å². The Morgan fingerprint density at radius 3 is 2.30 bits per heavy atom. The Hall–Kier alpha value is -1.59. The average Bonchev–Trinajstić information content (AvgIpc) is 2.43. The predicted octanol–water partition coefficient (Wildman–Crippen LogP) is 1.65. The molecule has 0 bridgehead atoms. The van der Waals surface area contributed by atoms with Crippen LogP contribution >= 0.6 is 12.4 Å². The fraction of sp³-hybridized carbons (Fsp3) is 0.429. The van der Waals surface area contributed by atoms with Crippen LogP contribution in [0.15, 0.2) is 30.3 Å². The Morgan fingerprint density at radius 1 is 1.30 bits per heavy atom. The first-order valence-corrected chi connectivity index (χ1v) is 6.30. The van der Waals surface area contributed by atoms with Crippen molar-refractivity contribution in [2.75, 3.05) is 0 Å². The molecule has 0 heterocycles. The van der Waals surface area contributed by atoms with Crippen molar-refractivity contribution in [1.29, 1.82) is 0 Å². The number of aliphatic carboxylic acids is 1. The summed E-state index contributed by atoms with van der Waals surface area (Å²) in [5.74, 6) is -1.37. The van der Waals surface area contributed by atoms with E-state index < -0.39 is 18.1 Å². The highest BCUT2D eigenvalue weighted by Crippen LogP contribution is 2.11. The number of carbonyl (C=O) groups excluding carboxylic acids is 1. The zero-order valence-electron chi connectivity index (χ0n) is 11.7. The first-order valence-electron chi connectivity index (χ1n) is 6.30. The number of hydrogen-bond acceptors (Lipinski definition) is 3. The van der Waals surface area contributed by atoms with Crippen molar-refractivity contribution in [3.63, 3.8) is 0 Å². The van der Waals surface area contributed by atoms with Gasteiger partial charge >= 0.3 is 5.97 Å². The van der Waals surface area contributed by atoms with Crippen LogP contribution in [0.2, 0.25) is 0 Å². The molecule has 1 aromatic carbocycles. The number of halogens is 1. The minimum absolute atomic E-state index is 0. The monoisotopic (exact) mass is 300 g/mol. The van der Waals surface area contributed by atoms with Crippen molar-refractivity contribution in [3.8, 4) is 0 Å². The molecule has 2 unspecified atom stereocenters. The zero-order chi connectivity index (χ0) is 14.4. The molecule has 1 aromatic rings. The summed E-state index contributed by atoms with van der Waals surface area (Å²) >= 11 is 0. The summed E-state index contributed by atoms with van der Waals surface area (Å²) in [5.41, 5.74) is 6.61. The van der Waals surface area contributed by atoms with Crippen LogP contribution in [0.25, 0.3) is 0 Å². The molecule has 0 saturated carbocycles. The summed E-state index contributed by atoms with van der Waals surface area (Å²) in [6.45, 7) is 3.54. The van der Waals surface area contributed by atoms with Gasteiger partial charge in [0.2, 0.25) is 5.91 Å². The van der Waals surface area contributed by atoms with Gasteiger partial charge in [-0.25, -0.2) is 4.79 Å². The topological polar surface area (TPSA) is 83.6 Å². The van der Waals surface area contributed by atoms with E-state index in [0.717, 1.165) is 5.56 Å². The Balaban J connectivity index is 0.00000361. The van der Waals surface area contributed by atoms with Crippen LogP contribution in [0.1, 0.15) is 25.8 Å². The second-order valence-electron chi connectivity index (χ2n) is 4.48.